The Hall–Kier alpha value is -1.66. The Morgan fingerprint density at radius 1 is 1.35 bits per heavy atom. The number of aliphatic hydroxyl groups excluding tert-OH is 2. The lowest BCUT2D eigenvalue weighted by atomic mass is 10.2. The predicted molar refractivity (Wildman–Crippen MR) is 66.4 cm³/mol. The Balaban J connectivity index is 3.14. The SMILES string of the molecule is Cc1ccc(C(=N)N)c(N(CCO)CCO)n1. The van der Waals surface area contributed by atoms with Crippen LogP contribution in [0.15, 0.2) is 12.1 Å². The number of nitrogens with zero attached hydrogens (tertiary/aromatic N) is 2. The normalized spacial score (nSPS) is 10.3. The second kappa shape index (κ2) is 6.17. The number of aliphatic hydroxyl groups is 2. The lowest BCUT2D eigenvalue weighted by Crippen LogP contribution is -2.32. The summed E-state index contributed by atoms with van der Waals surface area (Å²) in [7, 11) is 0. The minimum Gasteiger partial charge on any atom is -0.395 e. The van der Waals surface area contributed by atoms with E-state index in [9.17, 15) is 0 Å². The Morgan fingerprint density at radius 2 is 1.94 bits per heavy atom. The molecule has 0 fully saturated rings. The molecule has 0 aliphatic rings. The van der Waals surface area contributed by atoms with E-state index >= 15 is 0 Å². The quantitative estimate of drug-likeness (QED) is 0.393. The van der Waals surface area contributed by atoms with Crippen molar-refractivity contribution < 1.29 is 10.2 Å². The summed E-state index contributed by atoms with van der Waals surface area (Å²) in [5.41, 5.74) is 6.80. The summed E-state index contributed by atoms with van der Waals surface area (Å²) >= 11 is 0. The number of amidine groups is 1. The van der Waals surface area contributed by atoms with Crippen LogP contribution in [0.3, 0.4) is 0 Å². The van der Waals surface area contributed by atoms with E-state index in [1.807, 2.05) is 6.92 Å². The fourth-order valence-electron chi connectivity index (χ4n) is 1.56. The van der Waals surface area contributed by atoms with E-state index in [-0.39, 0.29) is 19.0 Å². The number of nitrogen functional groups attached to an aromatic ring is 1. The monoisotopic (exact) mass is 238 g/mol. The van der Waals surface area contributed by atoms with Crippen molar-refractivity contribution in [1.29, 1.82) is 5.41 Å². The molecule has 0 bridgehead atoms. The van der Waals surface area contributed by atoms with Crippen LogP contribution in [0.2, 0.25) is 0 Å². The molecule has 1 heterocycles. The zero-order valence-corrected chi connectivity index (χ0v) is 9.85. The number of hydrogen-bond donors (Lipinski definition) is 4. The first kappa shape index (κ1) is 13.4. The number of anilines is 1. The molecule has 6 heteroatoms. The molecule has 1 rings (SSSR count). The van der Waals surface area contributed by atoms with Crippen molar-refractivity contribution in [2.24, 2.45) is 5.73 Å². The average Bonchev–Trinajstić information content (AvgIpc) is 2.28. The Bertz CT molecular complexity index is 389. The van der Waals surface area contributed by atoms with Gasteiger partial charge in [-0.15, -0.1) is 0 Å². The first-order valence-corrected chi connectivity index (χ1v) is 5.39. The van der Waals surface area contributed by atoms with Crippen LogP contribution >= 0.6 is 0 Å². The number of pyridine rings is 1. The van der Waals surface area contributed by atoms with Gasteiger partial charge in [0.25, 0.3) is 0 Å². The summed E-state index contributed by atoms with van der Waals surface area (Å²) < 4.78 is 0. The molecule has 0 unspecified atom stereocenters. The van der Waals surface area contributed by atoms with Crippen molar-refractivity contribution >= 4 is 11.7 Å². The number of nitrogens with two attached hydrogens (primary N) is 1. The molecule has 0 atom stereocenters. The van der Waals surface area contributed by atoms with Gasteiger partial charge in [-0.2, -0.15) is 0 Å². The highest BCUT2D eigenvalue weighted by Gasteiger charge is 2.14. The highest BCUT2D eigenvalue weighted by atomic mass is 16.3. The van der Waals surface area contributed by atoms with Gasteiger partial charge in [0.05, 0.1) is 18.8 Å². The minimum atomic E-state index is -0.0756. The number of nitrogens with one attached hydrogen (secondary N) is 1. The standard InChI is InChI=1S/C11H18N4O2/c1-8-2-3-9(10(12)13)11(14-8)15(4-6-16)5-7-17/h2-3,16-17H,4-7H2,1H3,(H3,12,13). The van der Waals surface area contributed by atoms with Crippen LogP contribution in [0, 0.1) is 12.3 Å². The molecular weight excluding hydrogens is 220 g/mol. The van der Waals surface area contributed by atoms with Crippen molar-refractivity contribution in [3.63, 3.8) is 0 Å². The first-order chi connectivity index (χ1) is 8.10. The highest BCUT2D eigenvalue weighted by Crippen LogP contribution is 2.17. The van der Waals surface area contributed by atoms with Gasteiger partial charge < -0.3 is 20.8 Å². The topological polar surface area (TPSA) is 106 Å². The Labute approximate surface area is 100 Å². The summed E-state index contributed by atoms with van der Waals surface area (Å²) in [4.78, 5) is 6.03. The summed E-state index contributed by atoms with van der Waals surface area (Å²) in [5.74, 6) is 0.453. The van der Waals surface area contributed by atoms with E-state index in [4.69, 9.17) is 21.4 Å². The molecule has 0 aromatic carbocycles. The van der Waals surface area contributed by atoms with Crippen LogP contribution in [0.5, 0.6) is 0 Å². The van der Waals surface area contributed by atoms with E-state index in [2.05, 4.69) is 4.98 Å². The third kappa shape index (κ3) is 3.40. The zero-order valence-electron chi connectivity index (χ0n) is 9.85. The van der Waals surface area contributed by atoms with E-state index in [0.717, 1.165) is 5.69 Å². The van der Waals surface area contributed by atoms with Gasteiger partial charge in [-0.1, -0.05) is 0 Å². The molecule has 0 radical (unpaired) electrons. The maximum absolute atomic E-state index is 8.99. The van der Waals surface area contributed by atoms with Crippen molar-refractivity contribution in [3.05, 3.63) is 23.4 Å². The first-order valence-electron chi connectivity index (χ1n) is 5.39. The summed E-state index contributed by atoms with van der Waals surface area (Å²) in [6.07, 6.45) is 0. The van der Waals surface area contributed by atoms with Crippen LogP contribution in [-0.4, -0.2) is 47.3 Å². The molecule has 1 aromatic heterocycles. The third-order valence-electron chi connectivity index (χ3n) is 2.34. The van der Waals surface area contributed by atoms with Gasteiger partial charge in [-0.05, 0) is 19.1 Å². The van der Waals surface area contributed by atoms with Gasteiger partial charge in [0.15, 0.2) is 0 Å². The molecule has 0 saturated carbocycles. The van der Waals surface area contributed by atoms with Crippen LogP contribution in [0.1, 0.15) is 11.3 Å². The smallest absolute Gasteiger partial charge is 0.139 e. The molecule has 0 saturated heterocycles. The predicted octanol–water partition coefficient (Wildman–Crippen LogP) is -0.535. The second-order valence-corrected chi connectivity index (χ2v) is 3.67. The molecule has 0 aliphatic carbocycles. The highest BCUT2D eigenvalue weighted by molar-refractivity contribution is 5.99. The Morgan fingerprint density at radius 3 is 2.41 bits per heavy atom. The van der Waals surface area contributed by atoms with Gasteiger partial charge in [0.1, 0.15) is 11.7 Å². The van der Waals surface area contributed by atoms with Gasteiger partial charge in [0.2, 0.25) is 0 Å². The van der Waals surface area contributed by atoms with Gasteiger partial charge in [0, 0.05) is 18.8 Å². The third-order valence-corrected chi connectivity index (χ3v) is 2.34. The number of aryl methyl sites for hydroxylation is 1. The van der Waals surface area contributed by atoms with Gasteiger partial charge >= 0.3 is 0 Å². The van der Waals surface area contributed by atoms with Crippen molar-refractivity contribution in [1.82, 2.24) is 4.98 Å². The lowest BCUT2D eigenvalue weighted by Gasteiger charge is -2.24. The van der Waals surface area contributed by atoms with Crippen molar-refractivity contribution in [3.8, 4) is 0 Å². The van der Waals surface area contributed by atoms with Gasteiger partial charge in [-0.25, -0.2) is 4.98 Å². The lowest BCUT2D eigenvalue weighted by molar-refractivity contribution is 0.280. The molecule has 0 aliphatic heterocycles. The van der Waals surface area contributed by atoms with Crippen LogP contribution in [0.25, 0.3) is 0 Å². The summed E-state index contributed by atoms with van der Waals surface area (Å²) in [5, 5.41) is 25.5. The van der Waals surface area contributed by atoms with E-state index < -0.39 is 0 Å². The van der Waals surface area contributed by atoms with Crippen LogP contribution in [-0.2, 0) is 0 Å². The maximum atomic E-state index is 8.99. The van der Waals surface area contributed by atoms with Crippen LogP contribution < -0.4 is 10.6 Å². The fourth-order valence-corrected chi connectivity index (χ4v) is 1.56. The molecule has 94 valence electrons. The zero-order chi connectivity index (χ0) is 12.8. The number of aromatic nitrogens is 1. The summed E-state index contributed by atoms with van der Waals surface area (Å²) in [6.45, 7) is 2.43. The number of hydrogen-bond acceptors (Lipinski definition) is 5. The second-order valence-electron chi connectivity index (χ2n) is 3.67. The molecular formula is C11H18N4O2. The Kier molecular flexibility index (Phi) is 4.86. The van der Waals surface area contributed by atoms with Gasteiger partial charge in [-0.3, -0.25) is 5.41 Å². The molecule has 0 amide bonds. The largest absolute Gasteiger partial charge is 0.395 e. The molecule has 0 spiro atoms. The van der Waals surface area contributed by atoms with Crippen molar-refractivity contribution in [2.45, 2.75) is 6.92 Å². The molecule has 6 nitrogen and oxygen atoms in total. The average molecular weight is 238 g/mol. The molecule has 17 heavy (non-hydrogen) atoms. The molecule has 1 aromatic rings. The minimum absolute atomic E-state index is 0.0486. The van der Waals surface area contributed by atoms with E-state index in [0.29, 0.717) is 24.5 Å². The number of rotatable bonds is 6. The van der Waals surface area contributed by atoms with E-state index in [1.165, 1.54) is 0 Å². The fraction of sp³-hybridized carbons (Fsp3) is 0.455. The molecule has 5 N–H and O–H groups in total. The van der Waals surface area contributed by atoms with Crippen molar-refractivity contribution in [2.75, 3.05) is 31.2 Å². The van der Waals surface area contributed by atoms with Crippen LogP contribution in [0.4, 0.5) is 5.82 Å². The van der Waals surface area contributed by atoms with E-state index in [1.54, 1.807) is 17.0 Å². The maximum Gasteiger partial charge on any atom is 0.139 e. The summed E-state index contributed by atoms with van der Waals surface area (Å²) in [6, 6.07) is 3.50.